The molecule has 0 aliphatic heterocycles. The van der Waals surface area contributed by atoms with Crippen molar-refractivity contribution in [3.8, 4) is 5.69 Å². The summed E-state index contributed by atoms with van der Waals surface area (Å²) in [5, 5.41) is 12.0. The van der Waals surface area contributed by atoms with Crippen molar-refractivity contribution < 1.29 is 4.42 Å². The van der Waals surface area contributed by atoms with Gasteiger partial charge in [-0.15, -0.1) is 0 Å². The van der Waals surface area contributed by atoms with Gasteiger partial charge in [0.25, 0.3) is 0 Å². The molecular formula is C48H30N2O. The molecule has 0 N–H and O–H groups in total. The summed E-state index contributed by atoms with van der Waals surface area (Å²) in [6.07, 6.45) is 0. The second-order valence-electron chi connectivity index (χ2n) is 13.3. The Morgan fingerprint density at radius 1 is 0.373 bits per heavy atom. The van der Waals surface area contributed by atoms with E-state index < -0.39 is 0 Å². The lowest BCUT2D eigenvalue weighted by Gasteiger charge is -2.28. The van der Waals surface area contributed by atoms with Crippen LogP contribution in [-0.2, 0) is 0 Å². The zero-order chi connectivity index (χ0) is 33.5. The smallest absolute Gasteiger partial charge is 0.137 e. The summed E-state index contributed by atoms with van der Waals surface area (Å²) in [5.41, 5.74) is 8.50. The van der Waals surface area contributed by atoms with E-state index in [0.717, 1.165) is 50.2 Å². The van der Waals surface area contributed by atoms with Gasteiger partial charge in [0.05, 0.1) is 27.8 Å². The van der Waals surface area contributed by atoms with Crippen LogP contribution in [0.15, 0.2) is 186 Å². The molecule has 3 nitrogen and oxygen atoms in total. The summed E-state index contributed by atoms with van der Waals surface area (Å²) in [5.74, 6) is 0. The van der Waals surface area contributed by atoms with Crippen LogP contribution in [0.5, 0.6) is 0 Å². The number of hydrogen-bond acceptors (Lipinski definition) is 2. The molecule has 0 saturated carbocycles. The summed E-state index contributed by atoms with van der Waals surface area (Å²) in [6.45, 7) is 0. The number of furan rings is 1. The van der Waals surface area contributed by atoms with Gasteiger partial charge in [0.15, 0.2) is 0 Å². The van der Waals surface area contributed by atoms with Crippen LogP contribution in [0.25, 0.3) is 81.7 Å². The van der Waals surface area contributed by atoms with Gasteiger partial charge in [0, 0.05) is 32.9 Å². The lowest BCUT2D eigenvalue weighted by Crippen LogP contribution is -2.11. The summed E-state index contributed by atoms with van der Waals surface area (Å²) >= 11 is 0. The van der Waals surface area contributed by atoms with Crippen molar-refractivity contribution in [2.45, 2.75) is 0 Å². The molecule has 238 valence electrons. The van der Waals surface area contributed by atoms with E-state index in [2.05, 4.69) is 185 Å². The molecule has 0 saturated heterocycles. The highest BCUT2D eigenvalue weighted by atomic mass is 16.3. The first-order chi connectivity index (χ1) is 25.3. The number of fused-ring (bicyclic) bond motifs is 11. The van der Waals surface area contributed by atoms with E-state index in [4.69, 9.17) is 4.42 Å². The number of nitrogens with zero attached hydrogens (tertiary/aromatic N) is 2. The van der Waals surface area contributed by atoms with Gasteiger partial charge in [0.2, 0.25) is 0 Å². The van der Waals surface area contributed by atoms with Crippen molar-refractivity contribution >= 4 is 93.1 Å². The Kier molecular flexibility index (Phi) is 5.96. The standard InChI is InChI=1S/C48H30N2O/c1-2-14-32(15-3-1)49-42-21-10-8-19-38(42)39-28-26-33(29-44(39)49)50(43-22-12-24-47-48(43)40-20-9-11-23-46(40)51-47)45-30-41-34-16-5-4-13-31(34)25-27-36(41)35-17-6-7-18-37(35)45/h1-30H. The van der Waals surface area contributed by atoms with Crippen molar-refractivity contribution in [1.82, 2.24) is 4.57 Å². The highest BCUT2D eigenvalue weighted by molar-refractivity contribution is 6.23. The van der Waals surface area contributed by atoms with Gasteiger partial charge < -0.3 is 13.9 Å². The number of para-hydroxylation sites is 3. The average molecular weight is 651 g/mol. The molecule has 9 aromatic carbocycles. The minimum Gasteiger partial charge on any atom is -0.456 e. The Hall–Kier alpha value is -6.84. The number of benzene rings is 9. The minimum absolute atomic E-state index is 0.869. The quantitative estimate of drug-likeness (QED) is 0.177. The molecule has 0 aliphatic rings. The molecule has 0 spiro atoms. The maximum absolute atomic E-state index is 6.49. The molecular weight excluding hydrogens is 621 g/mol. The Morgan fingerprint density at radius 2 is 1.02 bits per heavy atom. The summed E-state index contributed by atoms with van der Waals surface area (Å²) in [4.78, 5) is 2.46. The topological polar surface area (TPSA) is 21.3 Å². The molecule has 0 fully saturated rings. The van der Waals surface area contributed by atoms with Gasteiger partial charge in [-0.05, 0) is 81.5 Å². The van der Waals surface area contributed by atoms with Crippen molar-refractivity contribution in [3.63, 3.8) is 0 Å². The van der Waals surface area contributed by atoms with Gasteiger partial charge in [-0.1, -0.05) is 127 Å². The Labute approximate surface area is 293 Å². The zero-order valence-electron chi connectivity index (χ0n) is 27.6. The molecule has 11 aromatic rings. The number of aromatic nitrogens is 1. The van der Waals surface area contributed by atoms with Gasteiger partial charge in [0.1, 0.15) is 11.2 Å². The summed E-state index contributed by atoms with van der Waals surface area (Å²) in [6, 6.07) is 65.6. The first kappa shape index (κ1) is 28.0. The van der Waals surface area contributed by atoms with Crippen LogP contribution in [0.1, 0.15) is 0 Å². The molecule has 0 aliphatic carbocycles. The predicted molar refractivity (Wildman–Crippen MR) is 215 cm³/mol. The van der Waals surface area contributed by atoms with E-state index in [1.165, 1.54) is 48.6 Å². The summed E-state index contributed by atoms with van der Waals surface area (Å²) < 4.78 is 8.88. The van der Waals surface area contributed by atoms with E-state index in [9.17, 15) is 0 Å². The first-order valence-electron chi connectivity index (χ1n) is 17.4. The molecule has 0 amide bonds. The van der Waals surface area contributed by atoms with E-state index in [0.29, 0.717) is 0 Å². The highest BCUT2D eigenvalue weighted by Gasteiger charge is 2.23. The fraction of sp³-hybridized carbons (Fsp3) is 0. The highest BCUT2D eigenvalue weighted by Crippen LogP contribution is 2.48. The van der Waals surface area contributed by atoms with Crippen LogP contribution < -0.4 is 4.90 Å². The third-order valence-corrected chi connectivity index (χ3v) is 10.5. The molecule has 0 bridgehead atoms. The summed E-state index contributed by atoms with van der Waals surface area (Å²) in [7, 11) is 0. The molecule has 0 radical (unpaired) electrons. The van der Waals surface area contributed by atoms with Crippen LogP contribution in [0.3, 0.4) is 0 Å². The Balaban J connectivity index is 1.30. The van der Waals surface area contributed by atoms with Gasteiger partial charge in [-0.3, -0.25) is 0 Å². The fourth-order valence-electron chi connectivity index (χ4n) is 8.33. The monoisotopic (exact) mass is 650 g/mol. The maximum atomic E-state index is 6.49. The van der Waals surface area contributed by atoms with E-state index >= 15 is 0 Å². The first-order valence-corrected chi connectivity index (χ1v) is 17.4. The average Bonchev–Trinajstić information content (AvgIpc) is 3.74. The molecule has 0 atom stereocenters. The maximum Gasteiger partial charge on any atom is 0.137 e. The van der Waals surface area contributed by atoms with Crippen LogP contribution in [0.4, 0.5) is 17.1 Å². The van der Waals surface area contributed by atoms with E-state index in [1.54, 1.807) is 0 Å². The van der Waals surface area contributed by atoms with Gasteiger partial charge in [-0.25, -0.2) is 0 Å². The lowest BCUT2D eigenvalue weighted by molar-refractivity contribution is 0.669. The largest absolute Gasteiger partial charge is 0.456 e. The zero-order valence-corrected chi connectivity index (χ0v) is 27.6. The van der Waals surface area contributed by atoms with Crippen LogP contribution in [0.2, 0.25) is 0 Å². The number of hydrogen-bond donors (Lipinski definition) is 0. The number of rotatable bonds is 4. The van der Waals surface area contributed by atoms with E-state index in [-0.39, 0.29) is 0 Å². The van der Waals surface area contributed by atoms with Gasteiger partial charge in [-0.2, -0.15) is 0 Å². The van der Waals surface area contributed by atoms with Crippen molar-refractivity contribution in [2.24, 2.45) is 0 Å². The molecule has 2 aromatic heterocycles. The molecule has 3 heteroatoms. The number of anilines is 3. The molecule has 2 heterocycles. The Bertz CT molecular complexity index is 3150. The third kappa shape index (κ3) is 4.12. The molecule has 11 rings (SSSR count). The van der Waals surface area contributed by atoms with Crippen molar-refractivity contribution in [3.05, 3.63) is 182 Å². The van der Waals surface area contributed by atoms with E-state index in [1.807, 2.05) is 6.07 Å². The second-order valence-corrected chi connectivity index (χ2v) is 13.3. The van der Waals surface area contributed by atoms with Crippen LogP contribution >= 0.6 is 0 Å². The molecule has 51 heavy (non-hydrogen) atoms. The van der Waals surface area contributed by atoms with Crippen molar-refractivity contribution in [1.29, 1.82) is 0 Å². The molecule has 0 unspecified atom stereocenters. The minimum atomic E-state index is 0.869. The van der Waals surface area contributed by atoms with Crippen LogP contribution in [0, 0.1) is 0 Å². The predicted octanol–water partition coefficient (Wildman–Crippen LogP) is 13.6. The van der Waals surface area contributed by atoms with Crippen LogP contribution in [-0.4, -0.2) is 4.57 Å². The Morgan fingerprint density at radius 3 is 1.90 bits per heavy atom. The normalized spacial score (nSPS) is 11.9. The lowest BCUT2D eigenvalue weighted by atomic mass is 9.95. The van der Waals surface area contributed by atoms with Crippen molar-refractivity contribution in [2.75, 3.05) is 4.90 Å². The van der Waals surface area contributed by atoms with Gasteiger partial charge >= 0.3 is 0 Å². The SMILES string of the molecule is c1ccc(-n2c3ccccc3c3ccc(N(c4cc5c6ccccc6ccc5c5ccccc45)c4cccc5oc6ccccc6c45)cc32)cc1. The fourth-order valence-corrected chi connectivity index (χ4v) is 8.33. The third-order valence-electron chi connectivity index (χ3n) is 10.5. The second kappa shape index (κ2) is 10.8.